The molecule has 3 rings (SSSR count). The topological polar surface area (TPSA) is 93.0 Å². The molecule has 0 saturated carbocycles. The van der Waals surface area contributed by atoms with E-state index in [0.29, 0.717) is 5.69 Å². The van der Waals surface area contributed by atoms with Crippen molar-refractivity contribution in [2.24, 2.45) is 0 Å². The number of nitro benzene ring substituents is 1. The van der Waals surface area contributed by atoms with Gasteiger partial charge in [-0.2, -0.15) is 4.98 Å². The molecule has 0 unspecified atom stereocenters. The van der Waals surface area contributed by atoms with Crippen LogP contribution in [0.1, 0.15) is 38.2 Å². The molecule has 2 N–H and O–H groups in total. The van der Waals surface area contributed by atoms with Gasteiger partial charge < -0.3 is 10.6 Å². The van der Waals surface area contributed by atoms with Gasteiger partial charge in [-0.3, -0.25) is 10.1 Å². The highest BCUT2D eigenvalue weighted by Gasteiger charge is 2.10. The minimum absolute atomic E-state index is 0.0195. The maximum atomic E-state index is 14.1. The first kappa shape index (κ1) is 21.2. The summed E-state index contributed by atoms with van der Waals surface area (Å²) in [4.78, 5) is 18.4. The maximum Gasteiger partial charge on any atom is 0.269 e. The summed E-state index contributed by atoms with van der Waals surface area (Å²) in [5, 5.41) is 16.6. The summed E-state index contributed by atoms with van der Waals surface area (Å²) >= 11 is 0. The van der Waals surface area contributed by atoms with Crippen molar-refractivity contribution in [3.05, 3.63) is 76.2 Å². The number of aromatic nitrogens is 2. The summed E-state index contributed by atoms with van der Waals surface area (Å²) in [6.45, 7) is 2.20. The van der Waals surface area contributed by atoms with Crippen molar-refractivity contribution in [2.45, 2.75) is 39.0 Å². The van der Waals surface area contributed by atoms with E-state index >= 15 is 0 Å². The molecule has 3 aromatic rings. The average Bonchev–Trinajstić information content (AvgIpc) is 2.75. The summed E-state index contributed by atoms with van der Waals surface area (Å²) in [6, 6.07) is 13.7. The molecule has 0 bridgehead atoms. The predicted molar refractivity (Wildman–Crippen MR) is 116 cm³/mol. The smallest absolute Gasteiger partial charge is 0.269 e. The van der Waals surface area contributed by atoms with E-state index in [1.54, 1.807) is 0 Å². The highest BCUT2D eigenvalue weighted by atomic mass is 19.1. The van der Waals surface area contributed by atoms with E-state index in [9.17, 15) is 14.5 Å². The fourth-order valence-corrected chi connectivity index (χ4v) is 2.96. The molecule has 0 radical (unpaired) electrons. The van der Waals surface area contributed by atoms with E-state index in [0.717, 1.165) is 18.3 Å². The second-order valence-electron chi connectivity index (χ2n) is 6.95. The molecule has 1 aromatic heterocycles. The first-order valence-electron chi connectivity index (χ1n) is 9.95. The zero-order valence-corrected chi connectivity index (χ0v) is 16.8. The van der Waals surface area contributed by atoms with Gasteiger partial charge >= 0.3 is 0 Å². The zero-order valence-electron chi connectivity index (χ0n) is 16.8. The molecule has 8 heteroatoms. The van der Waals surface area contributed by atoms with Crippen LogP contribution >= 0.6 is 0 Å². The highest BCUT2D eigenvalue weighted by Crippen LogP contribution is 2.22. The standard InChI is InChI=1S/C22H24FN5O2/c1-2-3-4-5-6-16-7-9-18(10-8-16)26-22-24-15-20(23)21(27-22)25-17-11-13-19(14-12-17)28(29)30/h7-15H,2-6H2,1H3,(H2,24,25,26,27). The number of unbranched alkanes of at least 4 members (excludes halogenated alkanes) is 3. The van der Waals surface area contributed by atoms with Crippen LogP contribution in [0.25, 0.3) is 0 Å². The Hall–Kier alpha value is -3.55. The quantitative estimate of drug-likeness (QED) is 0.238. The molecule has 0 fully saturated rings. The third-order valence-corrected chi connectivity index (χ3v) is 4.61. The first-order chi connectivity index (χ1) is 14.5. The van der Waals surface area contributed by atoms with Crippen molar-refractivity contribution in [3.63, 3.8) is 0 Å². The molecule has 1 heterocycles. The number of nitro groups is 1. The molecule has 30 heavy (non-hydrogen) atoms. The minimum atomic E-state index is -0.624. The minimum Gasteiger partial charge on any atom is -0.338 e. The van der Waals surface area contributed by atoms with Crippen LogP contribution < -0.4 is 10.6 Å². The van der Waals surface area contributed by atoms with Crippen LogP contribution in [0.4, 0.5) is 33.2 Å². The van der Waals surface area contributed by atoms with Crippen molar-refractivity contribution in [1.29, 1.82) is 0 Å². The molecule has 0 saturated heterocycles. The molecule has 7 nitrogen and oxygen atoms in total. The third-order valence-electron chi connectivity index (χ3n) is 4.61. The number of nitrogens with zero attached hydrogens (tertiary/aromatic N) is 3. The molecule has 0 atom stereocenters. The van der Waals surface area contributed by atoms with Gasteiger partial charge in [0.25, 0.3) is 5.69 Å². The van der Waals surface area contributed by atoms with Crippen molar-refractivity contribution in [3.8, 4) is 0 Å². The van der Waals surface area contributed by atoms with Gasteiger partial charge in [0, 0.05) is 23.5 Å². The van der Waals surface area contributed by atoms with Gasteiger partial charge in [0.2, 0.25) is 5.95 Å². The lowest BCUT2D eigenvalue weighted by molar-refractivity contribution is -0.384. The lowest BCUT2D eigenvalue weighted by atomic mass is 10.1. The Morgan fingerprint density at radius 1 is 0.967 bits per heavy atom. The number of halogens is 1. The fourth-order valence-electron chi connectivity index (χ4n) is 2.96. The van der Waals surface area contributed by atoms with Gasteiger partial charge in [0.15, 0.2) is 11.6 Å². The van der Waals surface area contributed by atoms with Gasteiger partial charge in [-0.15, -0.1) is 0 Å². The van der Waals surface area contributed by atoms with Crippen molar-refractivity contribution < 1.29 is 9.31 Å². The number of hydrogen-bond donors (Lipinski definition) is 2. The molecule has 0 aliphatic carbocycles. The van der Waals surface area contributed by atoms with E-state index in [1.807, 2.05) is 12.1 Å². The Kier molecular flexibility index (Phi) is 7.26. The number of aryl methyl sites for hydroxylation is 1. The summed E-state index contributed by atoms with van der Waals surface area (Å²) in [5.41, 5.74) is 2.52. The Balaban J connectivity index is 1.64. The van der Waals surface area contributed by atoms with Gasteiger partial charge in [-0.05, 0) is 42.7 Å². The molecule has 2 aromatic carbocycles. The Morgan fingerprint density at radius 3 is 2.30 bits per heavy atom. The van der Waals surface area contributed by atoms with Gasteiger partial charge in [0.05, 0.1) is 11.1 Å². The fraction of sp³-hybridized carbons (Fsp3) is 0.273. The van der Waals surface area contributed by atoms with Gasteiger partial charge in [-0.25, -0.2) is 9.37 Å². The highest BCUT2D eigenvalue weighted by molar-refractivity contribution is 5.61. The molecule has 0 spiro atoms. The van der Waals surface area contributed by atoms with E-state index in [2.05, 4.69) is 39.7 Å². The number of non-ortho nitro benzene ring substituents is 1. The number of benzene rings is 2. The monoisotopic (exact) mass is 409 g/mol. The van der Waals surface area contributed by atoms with E-state index in [4.69, 9.17) is 0 Å². The van der Waals surface area contributed by atoms with Crippen LogP contribution in [-0.4, -0.2) is 14.9 Å². The normalized spacial score (nSPS) is 10.6. The maximum absolute atomic E-state index is 14.1. The molecule has 156 valence electrons. The Labute approximate surface area is 174 Å². The molecular weight excluding hydrogens is 385 g/mol. The number of hydrogen-bond acceptors (Lipinski definition) is 6. The summed E-state index contributed by atoms with van der Waals surface area (Å²) in [7, 11) is 0. The van der Waals surface area contributed by atoms with Crippen LogP contribution in [0.2, 0.25) is 0 Å². The van der Waals surface area contributed by atoms with Gasteiger partial charge in [0.1, 0.15) is 0 Å². The summed E-state index contributed by atoms with van der Waals surface area (Å²) in [5.74, 6) is -0.397. The number of nitrogens with one attached hydrogen (secondary N) is 2. The Morgan fingerprint density at radius 2 is 1.63 bits per heavy atom. The number of rotatable bonds is 10. The molecule has 0 aliphatic rings. The predicted octanol–water partition coefficient (Wildman–Crippen LogP) is 6.13. The zero-order chi connectivity index (χ0) is 21.3. The van der Waals surface area contributed by atoms with Crippen LogP contribution in [-0.2, 0) is 6.42 Å². The first-order valence-corrected chi connectivity index (χ1v) is 9.95. The van der Waals surface area contributed by atoms with E-state index in [-0.39, 0.29) is 17.5 Å². The largest absolute Gasteiger partial charge is 0.338 e. The average molecular weight is 409 g/mol. The summed E-state index contributed by atoms with van der Waals surface area (Å²) in [6.07, 6.45) is 7.03. The van der Waals surface area contributed by atoms with Crippen LogP contribution in [0.3, 0.4) is 0 Å². The van der Waals surface area contributed by atoms with Crippen LogP contribution in [0.15, 0.2) is 54.7 Å². The van der Waals surface area contributed by atoms with Crippen molar-refractivity contribution >= 4 is 28.8 Å². The lowest BCUT2D eigenvalue weighted by Crippen LogP contribution is -2.03. The summed E-state index contributed by atoms with van der Waals surface area (Å²) < 4.78 is 14.1. The van der Waals surface area contributed by atoms with Crippen LogP contribution in [0.5, 0.6) is 0 Å². The number of anilines is 4. The second-order valence-corrected chi connectivity index (χ2v) is 6.95. The van der Waals surface area contributed by atoms with Crippen molar-refractivity contribution in [2.75, 3.05) is 10.6 Å². The molecule has 0 amide bonds. The van der Waals surface area contributed by atoms with E-state index < -0.39 is 10.7 Å². The second kappa shape index (κ2) is 10.3. The van der Waals surface area contributed by atoms with Gasteiger partial charge in [-0.1, -0.05) is 38.3 Å². The molecule has 0 aliphatic heterocycles. The lowest BCUT2D eigenvalue weighted by Gasteiger charge is -2.10. The van der Waals surface area contributed by atoms with Crippen LogP contribution in [0, 0.1) is 15.9 Å². The van der Waals surface area contributed by atoms with Crippen molar-refractivity contribution in [1.82, 2.24) is 9.97 Å². The molecular formula is C22H24FN5O2. The van der Waals surface area contributed by atoms with E-state index in [1.165, 1.54) is 55.5 Å². The third kappa shape index (κ3) is 5.97. The Bertz CT molecular complexity index is 978. The SMILES string of the molecule is CCCCCCc1ccc(Nc2ncc(F)c(Nc3ccc([N+](=O)[O-])cc3)n2)cc1.